The second kappa shape index (κ2) is 5.38. The SMILES string of the molecule is COc1c(C(C)C)cc(Cl)cc1C(O)C(=O)O. The van der Waals surface area contributed by atoms with Gasteiger partial charge in [-0.3, -0.25) is 0 Å². The standard InChI is InChI=1S/C12H15ClO4/c1-6(2)8-4-7(13)5-9(11(8)17-3)10(14)12(15)16/h4-6,10,14H,1-3H3,(H,15,16). The summed E-state index contributed by atoms with van der Waals surface area (Å²) >= 11 is 5.91. The molecule has 0 aliphatic heterocycles. The molecular formula is C12H15ClO4. The van der Waals surface area contributed by atoms with E-state index in [2.05, 4.69) is 0 Å². The smallest absolute Gasteiger partial charge is 0.337 e. The lowest BCUT2D eigenvalue weighted by molar-refractivity contribution is -0.147. The molecule has 17 heavy (non-hydrogen) atoms. The van der Waals surface area contributed by atoms with Crippen LogP contribution >= 0.6 is 11.6 Å². The average Bonchev–Trinajstić information content (AvgIpc) is 2.26. The molecule has 0 aliphatic carbocycles. The molecule has 4 nitrogen and oxygen atoms in total. The number of ether oxygens (including phenoxy) is 1. The fourth-order valence-corrected chi connectivity index (χ4v) is 1.87. The Morgan fingerprint density at radius 2 is 1.88 bits per heavy atom. The molecule has 0 amide bonds. The molecule has 2 N–H and O–H groups in total. The minimum Gasteiger partial charge on any atom is -0.496 e. The van der Waals surface area contributed by atoms with Gasteiger partial charge in [0.1, 0.15) is 5.75 Å². The Balaban J connectivity index is 3.43. The molecule has 0 aromatic heterocycles. The van der Waals surface area contributed by atoms with E-state index in [1.54, 1.807) is 6.07 Å². The second-order valence-electron chi connectivity index (χ2n) is 4.01. The predicted octanol–water partition coefficient (Wildman–Crippen LogP) is 2.59. The van der Waals surface area contributed by atoms with Crippen LogP contribution in [0.5, 0.6) is 5.75 Å². The van der Waals surface area contributed by atoms with Crippen LogP contribution in [0.2, 0.25) is 5.02 Å². The second-order valence-corrected chi connectivity index (χ2v) is 4.45. The van der Waals surface area contributed by atoms with Crippen molar-refractivity contribution >= 4 is 17.6 Å². The average molecular weight is 259 g/mol. The lowest BCUT2D eigenvalue weighted by atomic mass is 9.96. The fourth-order valence-electron chi connectivity index (χ4n) is 1.64. The first-order chi connectivity index (χ1) is 7.88. The van der Waals surface area contributed by atoms with Gasteiger partial charge in [0.05, 0.1) is 7.11 Å². The zero-order valence-corrected chi connectivity index (χ0v) is 10.7. The first kappa shape index (κ1) is 13.8. The highest BCUT2D eigenvalue weighted by Gasteiger charge is 2.24. The summed E-state index contributed by atoms with van der Waals surface area (Å²) in [5, 5.41) is 18.8. The van der Waals surface area contributed by atoms with Crippen molar-refractivity contribution < 1.29 is 19.7 Å². The lowest BCUT2D eigenvalue weighted by Crippen LogP contribution is -2.13. The van der Waals surface area contributed by atoms with Gasteiger partial charge < -0.3 is 14.9 Å². The highest BCUT2D eigenvalue weighted by molar-refractivity contribution is 6.30. The van der Waals surface area contributed by atoms with Crippen molar-refractivity contribution in [3.05, 3.63) is 28.3 Å². The summed E-state index contributed by atoms with van der Waals surface area (Å²) in [7, 11) is 1.44. The summed E-state index contributed by atoms with van der Waals surface area (Å²) in [6, 6.07) is 3.12. The van der Waals surface area contributed by atoms with E-state index >= 15 is 0 Å². The van der Waals surface area contributed by atoms with Crippen molar-refractivity contribution in [1.82, 2.24) is 0 Å². The van der Waals surface area contributed by atoms with E-state index in [1.165, 1.54) is 13.2 Å². The molecule has 0 heterocycles. The number of rotatable bonds is 4. The monoisotopic (exact) mass is 258 g/mol. The number of aliphatic hydroxyl groups is 1. The minimum atomic E-state index is -1.64. The molecule has 5 heteroatoms. The Morgan fingerprint density at radius 1 is 1.35 bits per heavy atom. The summed E-state index contributed by atoms with van der Waals surface area (Å²) < 4.78 is 5.18. The number of carboxylic acid groups (broad SMARTS) is 1. The van der Waals surface area contributed by atoms with Crippen LogP contribution < -0.4 is 4.74 Å². The van der Waals surface area contributed by atoms with Crippen LogP contribution in [0, 0.1) is 0 Å². The Hall–Kier alpha value is -1.26. The molecule has 0 saturated heterocycles. The van der Waals surface area contributed by atoms with Gasteiger partial charge in [-0.05, 0) is 23.6 Å². The number of methoxy groups -OCH3 is 1. The van der Waals surface area contributed by atoms with Crippen LogP contribution in [0.3, 0.4) is 0 Å². The van der Waals surface area contributed by atoms with Crippen molar-refractivity contribution in [3.8, 4) is 5.75 Å². The van der Waals surface area contributed by atoms with Crippen molar-refractivity contribution in [2.24, 2.45) is 0 Å². The Morgan fingerprint density at radius 3 is 2.29 bits per heavy atom. The minimum absolute atomic E-state index is 0.114. The van der Waals surface area contributed by atoms with Crippen LogP contribution in [0.1, 0.15) is 37.0 Å². The van der Waals surface area contributed by atoms with Crippen molar-refractivity contribution in [2.45, 2.75) is 25.9 Å². The fraction of sp³-hybridized carbons (Fsp3) is 0.417. The maximum absolute atomic E-state index is 10.8. The number of hydrogen-bond donors (Lipinski definition) is 2. The van der Waals surface area contributed by atoms with Gasteiger partial charge in [-0.2, -0.15) is 0 Å². The summed E-state index contributed by atoms with van der Waals surface area (Å²) in [5.74, 6) is -0.844. The van der Waals surface area contributed by atoms with Gasteiger partial charge in [0, 0.05) is 10.6 Å². The molecule has 0 aliphatic rings. The molecule has 1 atom stereocenters. The summed E-state index contributed by atoms with van der Waals surface area (Å²) in [5.41, 5.74) is 0.950. The molecule has 1 aromatic carbocycles. The van der Waals surface area contributed by atoms with Gasteiger partial charge in [-0.25, -0.2) is 4.79 Å². The highest BCUT2D eigenvalue weighted by atomic mass is 35.5. The Bertz CT molecular complexity index is 429. The van der Waals surface area contributed by atoms with E-state index in [1.807, 2.05) is 13.8 Å². The van der Waals surface area contributed by atoms with E-state index < -0.39 is 12.1 Å². The van der Waals surface area contributed by atoms with Crippen molar-refractivity contribution in [2.75, 3.05) is 7.11 Å². The van der Waals surface area contributed by atoms with Crippen LogP contribution in [-0.4, -0.2) is 23.3 Å². The molecule has 1 unspecified atom stereocenters. The number of halogens is 1. The van der Waals surface area contributed by atoms with Crippen LogP contribution in [0.4, 0.5) is 0 Å². The van der Waals surface area contributed by atoms with Crippen molar-refractivity contribution in [1.29, 1.82) is 0 Å². The van der Waals surface area contributed by atoms with Gasteiger partial charge >= 0.3 is 5.97 Å². The first-order valence-corrected chi connectivity index (χ1v) is 5.54. The topological polar surface area (TPSA) is 66.8 Å². The number of benzene rings is 1. The van der Waals surface area contributed by atoms with Crippen molar-refractivity contribution in [3.63, 3.8) is 0 Å². The largest absolute Gasteiger partial charge is 0.496 e. The zero-order chi connectivity index (χ0) is 13.2. The summed E-state index contributed by atoms with van der Waals surface area (Å²) in [6.45, 7) is 3.87. The number of carbonyl (C=O) groups is 1. The van der Waals surface area contributed by atoms with Crippen LogP contribution in [-0.2, 0) is 4.79 Å². The molecule has 0 radical (unpaired) electrons. The van der Waals surface area contributed by atoms with Crippen LogP contribution in [0.25, 0.3) is 0 Å². The maximum atomic E-state index is 10.8. The van der Waals surface area contributed by atoms with E-state index in [0.29, 0.717) is 10.8 Å². The molecule has 1 rings (SSSR count). The Kier molecular flexibility index (Phi) is 4.37. The molecule has 0 fully saturated rings. The number of hydrogen-bond acceptors (Lipinski definition) is 3. The normalized spacial score (nSPS) is 12.6. The zero-order valence-electron chi connectivity index (χ0n) is 9.90. The summed E-state index contributed by atoms with van der Waals surface area (Å²) in [4.78, 5) is 10.8. The third-order valence-corrected chi connectivity index (χ3v) is 2.68. The van der Waals surface area contributed by atoms with Gasteiger partial charge in [0.15, 0.2) is 6.10 Å². The quantitative estimate of drug-likeness (QED) is 0.871. The first-order valence-electron chi connectivity index (χ1n) is 5.16. The van der Waals surface area contributed by atoms with Gasteiger partial charge in [-0.15, -0.1) is 0 Å². The van der Waals surface area contributed by atoms with Gasteiger partial charge in [0.25, 0.3) is 0 Å². The molecule has 0 saturated carbocycles. The van der Waals surface area contributed by atoms with Gasteiger partial charge in [-0.1, -0.05) is 25.4 Å². The van der Waals surface area contributed by atoms with E-state index in [9.17, 15) is 9.90 Å². The third kappa shape index (κ3) is 2.90. The van der Waals surface area contributed by atoms with Crippen LogP contribution in [0.15, 0.2) is 12.1 Å². The third-order valence-electron chi connectivity index (χ3n) is 2.47. The van der Waals surface area contributed by atoms with E-state index in [-0.39, 0.29) is 11.5 Å². The number of aliphatic hydroxyl groups excluding tert-OH is 1. The molecular weight excluding hydrogens is 244 g/mol. The number of carboxylic acids is 1. The van der Waals surface area contributed by atoms with Gasteiger partial charge in [0.2, 0.25) is 0 Å². The molecule has 94 valence electrons. The molecule has 0 bridgehead atoms. The predicted molar refractivity (Wildman–Crippen MR) is 64.7 cm³/mol. The number of aliphatic carboxylic acids is 1. The lowest BCUT2D eigenvalue weighted by Gasteiger charge is -2.18. The highest BCUT2D eigenvalue weighted by Crippen LogP contribution is 2.36. The maximum Gasteiger partial charge on any atom is 0.337 e. The van der Waals surface area contributed by atoms with E-state index in [4.69, 9.17) is 21.4 Å². The molecule has 0 spiro atoms. The Labute approximate surface area is 105 Å². The molecule has 1 aromatic rings. The summed E-state index contributed by atoms with van der Waals surface area (Å²) in [6.07, 6.45) is -1.64. The van der Waals surface area contributed by atoms with E-state index in [0.717, 1.165) is 5.56 Å².